The van der Waals surface area contributed by atoms with E-state index >= 15 is 0 Å². The number of rotatable bonds is 3. The molecule has 160 valence electrons. The van der Waals surface area contributed by atoms with Crippen LogP contribution < -0.4 is 4.90 Å². The van der Waals surface area contributed by atoms with Crippen LogP contribution in [-0.2, 0) is 4.79 Å². The Bertz CT molecular complexity index is 1040. The summed E-state index contributed by atoms with van der Waals surface area (Å²) in [6.45, 7) is 3.56. The van der Waals surface area contributed by atoms with Crippen molar-refractivity contribution in [2.45, 2.75) is 38.5 Å². The van der Waals surface area contributed by atoms with Crippen molar-refractivity contribution >= 4 is 22.6 Å². The molecule has 6 heteroatoms. The molecule has 1 aromatic carbocycles. The zero-order valence-corrected chi connectivity index (χ0v) is 17.9. The summed E-state index contributed by atoms with van der Waals surface area (Å²) in [5.74, 6) is 2.17. The van der Waals surface area contributed by atoms with Gasteiger partial charge < -0.3 is 9.80 Å². The van der Waals surface area contributed by atoms with Crippen molar-refractivity contribution in [2.75, 3.05) is 31.1 Å². The normalized spacial score (nSPS) is 18.2. The molecule has 3 aromatic rings. The van der Waals surface area contributed by atoms with E-state index in [9.17, 15) is 4.79 Å². The van der Waals surface area contributed by atoms with E-state index < -0.39 is 0 Å². The zero-order chi connectivity index (χ0) is 21.0. The fraction of sp³-hybridized carbons (Fsp3) is 0.440. The number of carbonyl (C=O) groups excluding carboxylic acids is 1. The van der Waals surface area contributed by atoms with Crippen molar-refractivity contribution in [3.05, 3.63) is 48.8 Å². The van der Waals surface area contributed by atoms with Crippen molar-refractivity contribution in [3.63, 3.8) is 0 Å². The van der Waals surface area contributed by atoms with Crippen LogP contribution in [0.1, 0.15) is 38.5 Å². The molecule has 1 amide bonds. The smallest absolute Gasteiger partial charge is 0.225 e. The number of pyridine rings is 1. The molecule has 0 aliphatic carbocycles. The molecule has 0 unspecified atom stereocenters. The van der Waals surface area contributed by atoms with Gasteiger partial charge in [0.05, 0.1) is 5.52 Å². The van der Waals surface area contributed by atoms with Crippen molar-refractivity contribution in [2.24, 2.45) is 5.92 Å². The molecule has 0 bridgehead atoms. The van der Waals surface area contributed by atoms with Gasteiger partial charge in [-0.15, -0.1) is 0 Å². The Morgan fingerprint density at radius 1 is 0.871 bits per heavy atom. The topological polar surface area (TPSA) is 62.2 Å². The summed E-state index contributed by atoms with van der Waals surface area (Å²) in [4.78, 5) is 31.5. The molecule has 2 saturated heterocycles. The van der Waals surface area contributed by atoms with Gasteiger partial charge in [-0.2, -0.15) is 0 Å². The van der Waals surface area contributed by atoms with Gasteiger partial charge in [0, 0.05) is 55.4 Å². The van der Waals surface area contributed by atoms with E-state index in [0.29, 0.717) is 11.7 Å². The van der Waals surface area contributed by atoms with Gasteiger partial charge in [-0.05, 0) is 49.9 Å². The number of piperidine rings is 1. The molecule has 0 radical (unpaired) electrons. The second-order valence-corrected chi connectivity index (χ2v) is 8.63. The molecule has 0 saturated carbocycles. The summed E-state index contributed by atoms with van der Waals surface area (Å²) in [6, 6.07) is 12.1. The van der Waals surface area contributed by atoms with Crippen molar-refractivity contribution in [1.82, 2.24) is 19.9 Å². The summed E-state index contributed by atoms with van der Waals surface area (Å²) >= 11 is 0. The van der Waals surface area contributed by atoms with Crippen LogP contribution >= 0.6 is 0 Å². The summed E-state index contributed by atoms with van der Waals surface area (Å²) in [5.41, 5.74) is 1.86. The highest BCUT2D eigenvalue weighted by molar-refractivity contribution is 5.91. The largest absolute Gasteiger partial charge is 0.356 e. The summed E-state index contributed by atoms with van der Waals surface area (Å²) in [5, 5.41) is 1.06. The van der Waals surface area contributed by atoms with Crippen LogP contribution in [0.4, 0.5) is 5.82 Å². The number of hydrogen-bond acceptors (Lipinski definition) is 5. The van der Waals surface area contributed by atoms with Gasteiger partial charge in [0.2, 0.25) is 5.91 Å². The fourth-order valence-electron chi connectivity index (χ4n) is 4.81. The number of amides is 1. The minimum absolute atomic E-state index is 0.139. The molecule has 0 atom stereocenters. The molecule has 31 heavy (non-hydrogen) atoms. The Morgan fingerprint density at radius 2 is 1.65 bits per heavy atom. The first kappa shape index (κ1) is 19.9. The third-order valence-electron chi connectivity index (χ3n) is 6.56. The Balaban J connectivity index is 1.37. The first-order chi connectivity index (χ1) is 15.3. The minimum Gasteiger partial charge on any atom is -0.356 e. The lowest BCUT2D eigenvalue weighted by Crippen LogP contribution is -2.43. The molecule has 2 fully saturated rings. The van der Waals surface area contributed by atoms with Gasteiger partial charge in [0.1, 0.15) is 5.82 Å². The quantitative estimate of drug-likeness (QED) is 0.638. The first-order valence-corrected chi connectivity index (χ1v) is 11.5. The lowest BCUT2D eigenvalue weighted by molar-refractivity contribution is -0.136. The molecular formula is C25H29N5O. The lowest BCUT2D eigenvalue weighted by Gasteiger charge is -2.35. The van der Waals surface area contributed by atoms with Crippen molar-refractivity contribution in [1.29, 1.82) is 0 Å². The van der Waals surface area contributed by atoms with Crippen LogP contribution in [0.15, 0.2) is 48.8 Å². The average molecular weight is 416 g/mol. The van der Waals surface area contributed by atoms with E-state index in [1.807, 2.05) is 30.3 Å². The first-order valence-electron chi connectivity index (χ1n) is 11.5. The number of anilines is 1. The highest BCUT2D eigenvalue weighted by Crippen LogP contribution is 2.31. The van der Waals surface area contributed by atoms with E-state index in [1.54, 1.807) is 12.4 Å². The van der Waals surface area contributed by atoms with Crippen molar-refractivity contribution in [3.8, 4) is 11.4 Å². The molecule has 0 N–H and O–H groups in total. The number of nitrogens with zero attached hydrogens (tertiary/aromatic N) is 5. The van der Waals surface area contributed by atoms with Gasteiger partial charge in [0.25, 0.3) is 0 Å². The summed E-state index contributed by atoms with van der Waals surface area (Å²) in [7, 11) is 0. The predicted octanol–water partition coefficient (Wildman–Crippen LogP) is 4.31. The maximum atomic E-state index is 13.1. The number of benzene rings is 1. The second-order valence-electron chi connectivity index (χ2n) is 8.63. The molecule has 5 rings (SSSR count). The monoisotopic (exact) mass is 415 g/mol. The van der Waals surface area contributed by atoms with E-state index in [0.717, 1.165) is 74.1 Å². The van der Waals surface area contributed by atoms with Gasteiger partial charge in [-0.1, -0.05) is 25.0 Å². The van der Waals surface area contributed by atoms with Crippen LogP contribution in [-0.4, -0.2) is 51.9 Å². The number of para-hydroxylation sites is 1. The highest BCUT2D eigenvalue weighted by Gasteiger charge is 2.30. The number of likely N-dealkylation sites (tertiary alicyclic amines) is 1. The zero-order valence-electron chi connectivity index (χ0n) is 17.9. The Kier molecular flexibility index (Phi) is 5.78. The van der Waals surface area contributed by atoms with E-state index in [2.05, 4.69) is 20.9 Å². The third kappa shape index (κ3) is 4.24. The van der Waals surface area contributed by atoms with Crippen LogP contribution in [0.3, 0.4) is 0 Å². The van der Waals surface area contributed by atoms with Crippen LogP contribution in [0.25, 0.3) is 22.3 Å². The standard InChI is InChI=1S/C25H29N5O/c31-25(30-14-5-1-2-6-15-30)19-11-16-29(17-12-19)24-21-9-3-4-10-22(21)27-23(28-24)20-8-7-13-26-18-20/h3-4,7-10,13,18-19H,1-2,5-6,11-12,14-17H2. The molecular weight excluding hydrogens is 386 g/mol. The molecule has 4 heterocycles. The fourth-order valence-corrected chi connectivity index (χ4v) is 4.81. The number of hydrogen-bond donors (Lipinski definition) is 0. The van der Waals surface area contributed by atoms with E-state index in [-0.39, 0.29) is 5.92 Å². The van der Waals surface area contributed by atoms with Gasteiger partial charge >= 0.3 is 0 Å². The summed E-state index contributed by atoms with van der Waals surface area (Å²) < 4.78 is 0. The van der Waals surface area contributed by atoms with E-state index in [4.69, 9.17) is 9.97 Å². The number of carbonyl (C=O) groups is 1. The highest BCUT2D eigenvalue weighted by atomic mass is 16.2. The van der Waals surface area contributed by atoms with Crippen LogP contribution in [0, 0.1) is 5.92 Å². The average Bonchev–Trinajstić information content (AvgIpc) is 3.13. The van der Waals surface area contributed by atoms with Crippen LogP contribution in [0.2, 0.25) is 0 Å². The van der Waals surface area contributed by atoms with Gasteiger partial charge in [-0.25, -0.2) is 9.97 Å². The van der Waals surface area contributed by atoms with Crippen LogP contribution in [0.5, 0.6) is 0 Å². The molecule has 2 aliphatic heterocycles. The molecule has 0 spiro atoms. The summed E-state index contributed by atoms with van der Waals surface area (Å²) in [6.07, 6.45) is 10.1. The second kappa shape index (κ2) is 9.00. The number of aromatic nitrogens is 3. The Hall–Kier alpha value is -3.02. The predicted molar refractivity (Wildman–Crippen MR) is 123 cm³/mol. The Labute approximate surface area is 183 Å². The van der Waals surface area contributed by atoms with Gasteiger partial charge in [-0.3, -0.25) is 9.78 Å². The van der Waals surface area contributed by atoms with Crippen molar-refractivity contribution < 1.29 is 4.79 Å². The molecule has 2 aromatic heterocycles. The minimum atomic E-state index is 0.139. The lowest BCUT2D eigenvalue weighted by atomic mass is 9.95. The maximum Gasteiger partial charge on any atom is 0.225 e. The van der Waals surface area contributed by atoms with E-state index in [1.165, 1.54) is 12.8 Å². The molecule has 2 aliphatic rings. The van der Waals surface area contributed by atoms with Gasteiger partial charge in [0.15, 0.2) is 5.82 Å². The molecule has 6 nitrogen and oxygen atoms in total. The SMILES string of the molecule is O=C(C1CCN(c2nc(-c3cccnc3)nc3ccccc23)CC1)N1CCCCCC1. The number of fused-ring (bicyclic) bond motifs is 1. The third-order valence-corrected chi connectivity index (χ3v) is 6.56. The Morgan fingerprint density at radius 3 is 2.39 bits per heavy atom. The maximum absolute atomic E-state index is 13.1.